The smallest absolute Gasteiger partial charge is 0.170 e. The Hall–Kier alpha value is -2.57. The van der Waals surface area contributed by atoms with Crippen molar-refractivity contribution in [2.75, 3.05) is 0 Å². The average Bonchev–Trinajstić information content (AvgIpc) is 2.90. The largest absolute Gasteiger partial charge is 0.508 e. The zero-order chi connectivity index (χ0) is 18.6. The monoisotopic (exact) mass is 356 g/mol. The number of ketones is 1. The number of aliphatic hydroxyl groups is 2. The van der Waals surface area contributed by atoms with Crippen molar-refractivity contribution in [3.05, 3.63) is 53.1 Å². The number of hydrogen-bond donors (Lipinski definition) is 3. The van der Waals surface area contributed by atoms with Crippen LogP contribution in [0.4, 0.5) is 0 Å². The standard InChI is InChI=1S/C20H20O6/c1-20(2,24)19-18(23)13-7-12-14(22)8-15(10-3-5-11(21)6-4-10)25-16(12)9-17(13)26-19/h3-7,9,15,18-19,21,23-24H,8H2,1-2H3. The molecule has 3 unspecified atom stereocenters. The van der Waals surface area contributed by atoms with E-state index in [0.717, 1.165) is 5.56 Å². The van der Waals surface area contributed by atoms with Gasteiger partial charge in [0.1, 0.15) is 29.5 Å². The Kier molecular flexibility index (Phi) is 3.71. The highest BCUT2D eigenvalue weighted by Gasteiger charge is 2.44. The van der Waals surface area contributed by atoms with Gasteiger partial charge in [-0.3, -0.25) is 4.79 Å². The molecule has 136 valence electrons. The summed E-state index contributed by atoms with van der Waals surface area (Å²) in [5.41, 5.74) is 0.435. The summed E-state index contributed by atoms with van der Waals surface area (Å²) >= 11 is 0. The minimum atomic E-state index is -1.24. The quantitative estimate of drug-likeness (QED) is 0.766. The van der Waals surface area contributed by atoms with Crippen molar-refractivity contribution < 1.29 is 29.6 Å². The minimum Gasteiger partial charge on any atom is -0.508 e. The highest BCUT2D eigenvalue weighted by atomic mass is 16.5. The van der Waals surface area contributed by atoms with Crippen molar-refractivity contribution in [1.82, 2.24) is 0 Å². The highest BCUT2D eigenvalue weighted by Crippen LogP contribution is 2.46. The molecule has 0 aromatic heterocycles. The number of rotatable bonds is 2. The van der Waals surface area contributed by atoms with Crippen LogP contribution in [0, 0.1) is 0 Å². The Labute approximate surface area is 150 Å². The lowest BCUT2D eigenvalue weighted by molar-refractivity contribution is -0.0763. The lowest BCUT2D eigenvalue weighted by Gasteiger charge is -2.27. The zero-order valence-electron chi connectivity index (χ0n) is 14.5. The molecule has 3 atom stereocenters. The number of carbonyl (C=O) groups is 1. The van der Waals surface area contributed by atoms with E-state index >= 15 is 0 Å². The molecule has 2 aromatic carbocycles. The molecule has 2 aliphatic heterocycles. The molecule has 0 amide bonds. The van der Waals surface area contributed by atoms with E-state index in [0.29, 0.717) is 22.6 Å². The van der Waals surface area contributed by atoms with E-state index in [9.17, 15) is 20.1 Å². The first-order valence-corrected chi connectivity index (χ1v) is 8.48. The molecule has 2 aliphatic rings. The number of phenols is 1. The topological polar surface area (TPSA) is 96.2 Å². The molecule has 3 N–H and O–H groups in total. The van der Waals surface area contributed by atoms with E-state index in [-0.39, 0.29) is 18.0 Å². The number of aromatic hydroxyl groups is 1. The minimum absolute atomic E-state index is 0.0916. The second-order valence-corrected chi connectivity index (χ2v) is 7.35. The van der Waals surface area contributed by atoms with Gasteiger partial charge in [-0.05, 0) is 37.6 Å². The molecule has 2 heterocycles. The van der Waals surface area contributed by atoms with Crippen molar-refractivity contribution in [1.29, 1.82) is 0 Å². The highest BCUT2D eigenvalue weighted by molar-refractivity contribution is 6.00. The van der Waals surface area contributed by atoms with E-state index in [2.05, 4.69) is 0 Å². The average molecular weight is 356 g/mol. The summed E-state index contributed by atoms with van der Waals surface area (Å²) in [5.74, 6) is 0.851. The fraction of sp³-hybridized carbons (Fsp3) is 0.350. The SMILES string of the molecule is CC(C)(O)C1Oc2cc3c(cc2C1O)C(=O)CC(c1ccc(O)cc1)O3. The Balaban J connectivity index is 1.68. The Morgan fingerprint density at radius 2 is 1.77 bits per heavy atom. The molecule has 0 bridgehead atoms. The summed E-state index contributed by atoms with van der Waals surface area (Å²) in [5, 5.41) is 30.1. The molecule has 26 heavy (non-hydrogen) atoms. The van der Waals surface area contributed by atoms with Crippen LogP contribution in [0.25, 0.3) is 0 Å². The summed E-state index contributed by atoms with van der Waals surface area (Å²) in [6, 6.07) is 9.73. The van der Waals surface area contributed by atoms with Crippen LogP contribution in [0.15, 0.2) is 36.4 Å². The first-order valence-electron chi connectivity index (χ1n) is 8.48. The third-order valence-electron chi connectivity index (χ3n) is 4.87. The molecule has 0 saturated carbocycles. The molecule has 0 saturated heterocycles. The molecular weight excluding hydrogens is 336 g/mol. The van der Waals surface area contributed by atoms with Crippen LogP contribution in [-0.4, -0.2) is 32.8 Å². The Morgan fingerprint density at radius 3 is 2.42 bits per heavy atom. The first kappa shape index (κ1) is 16.9. The maximum atomic E-state index is 12.6. The summed E-state index contributed by atoms with van der Waals surface area (Å²) < 4.78 is 11.7. The lowest BCUT2D eigenvalue weighted by Crippen LogP contribution is -2.41. The summed E-state index contributed by atoms with van der Waals surface area (Å²) in [6.07, 6.45) is -2.12. The fourth-order valence-electron chi connectivity index (χ4n) is 3.47. The van der Waals surface area contributed by atoms with E-state index < -0.39 is 23.9 Å². The molecule has 0 radical (unpaired) electrons. The number of fused-ring (bicyclic) bond motifs is 2. The van der Waals surface area contributed by atoms with Crippen LogP contribution in [0.3, 0.4) is 0 Å². The molecule has 0 aliphatic carbocycles. The van der Waals surface area contributed by atoms with Gasteiger partial charge in [0.25, 0.3) is 0 Å². The second-order valence-electron chi connectivity index (χ2n) is 7.35. The summed E-state index contributed by atoms with van der Waals surface area (Å²) in [7, 11) is 0. The molecule has 2 aromatic rings. The van der Waals surface area contributed by atoms with Crippen LogP contribution in [0.1, 0.15) is 54.0 Å². The van der Waals surface area contributed by atoms with Crippen molar-refractivity contribution in [2.45, 2.75) is 44.2 Å². The van der Waals surface area contributed by atoms with Crippen LogP contribution in [-0.2, 0) is 0 Å². The van der Waals surface area contributed by atoms with E-state index in [4.69, 9.17) is 9.47 Å². The number of carbonyl (C=O) groups excluding carboxylic acids is 1. The van der Waals surface area contributed by atoms with Gasteiger partial charge < -0.3 is 24.8 Å². The summed E-state index contributed by atoms with van der Waals surface area (Å²) in [4.78, 5) is 12.6. The fourth-order valence-corrected chi connectivity index (χ4v) is 3.47. The van der Waals surface area contributed by atoms with Crippen LogP contribution < -0.4 is 9.47 Å². The molecule has 0 spiro atoms. The predicted molar refractivity (Wildman–Crippen MR) is 92.5 cm³/mol. The normalized spacial score (nSPS) is 24.5. The van der Waals surface area contributed by atoms with Gasteiger partial charge in [-0.25, -0.2) is 0 Å². The third kappa shape index (κ3) is 2.71. The van der Waals surface area contributed by atoms with Crippen LogP contribution in [0.5, 0.6) is 17.2 Å². The lowest BCUT2D eigenvalue weighted by atomic mass is 9.91. The van der Waals surface area contributed by atoms with Crippen molar-refractivity contribution in [3.8, 4) is 17.2 Å². The number of hydrogen-bond acceptors (Lipinski definition) is 6. The van der Waals surface area contributed by atoms with Crippen molar-refractivity contribution >= 4 is 5.78 Å². The van der Waals surface area contributed by atoms with Gasteiger partial charge >= 0.3 is 0 Å². The van der Waals surface area contributed by atoms with Gasteiger partial charge in [0.15, 0.2) is 11.9 Å². The maximum Gasteiger partial charge on any atom is 0.170 e. The second kappa shape index (κ2) is 5.72. The van der Waals surface area contributed by atoms with Crippen molar-refractivity contribution in [3.63, 3.8) is 0 Å². The number of benzene rings is 2. The van der Waals surface area contributed by atoms with Gasteiger partial charge in [-0.15, -0.1) is 0 Å². The van der Waals surface area contributed by atoms with Crippen LogP contribution in [0.2, 0.25) is 0 Å². The van der Waals surface area contributed by atoms with Gasteiger partial charge in [0, 0.05) is 11.6 Å². The van der Waals surface area contributed by atoms with E-state index in [1.54, 1.807) is 50.2 Å². The molecule has 0 fully saturated rings. The maximum absolute atomic E-state index is 12.6. The van der Waals surface area contributed by atoms with E-state index in [1.807, 2.05) is 0 Å². The summed E-state index contributed by atoms with van der Waals surface area (Å²) in [6.45, 7) is 3.13. The van der Waals surface area contributed by atoms with E-state index in [1.165, 1.54) is 0 Å². The van der Waals surface area contributed by atoms with Crippen molar-refractivity contribution in [2.24, 2.45) is 0 Å². The van der Waals surface area contributed by atoms with Gasteiger partial charge in [0.2, 0.25) is 0 Å². The predicted octanol–water partition coefficient (Wildman–Crippen LogP) is 2.66. The van der Waals surface area contributed by atoms with Crippen LogP contribution >= 0.6 is 0 Å². The Morgan fingerprint density at radius 1 is 1.08 bits per heavy atom. The number of aliphatic hydroxyl groups excluding tert-OH is 1. The van der Waals surface area contributed by atoms with Gasteiger partial charge in [-0.2, -0.15) is 0 Å². The molecular formula is C20H20O6. The number of Topliss-reactive ketones (excluding diaryl/α,β-unsaturated/α-hetero) is 1. The first-order chi connectivity index (χ1) is 12.2. The third-order valence-corrected chi connectivity index (χ3v) is 4.87. The number of ether oxygens (including phenoxy) is 2. The number of phenolic OH excluding ortho intramolecular Hbond substituents is 1. The molecule has 4 rings (SSSR count). The molecule has 6 nitrogen and oxygen atoms in total. The van der Waals surface area contributed by atoms with Gasteiger partial charge in [-0.1, -0.05) is 12.1 Å². The van der Waals surface area contributed by atoms with Gasteiger partial charge in [0.05, 0.1) is 17.6 Å². The molecule has 6 heteroatoms. The Bertz CT molecular complexity index is 865. The zero-order valence-corrected chi connectivity index (χ0v) is 14.5.